The van der Waals surface area contributed by atoms with Crippen molar-refractivity contribution in [2.45, 2.75) is 25.3 Å². The van der Waals surface area contributed by atoms with Crippen LogP contribution in [-0.2, 0) is 0 Å². The average Bonchev–Trinajstić information content (AvgIpc) is 3.48. The summed E-state index contributed by atoms with van der Waals surface area (Å²) in [5.41, 5.74) is 1.63. The van der Waals surface area contributed by atoms with Gasteiger partial charge in [0.25, 0.3) is 5.91 Å². The first-order valence-electron chi connectivity index (χ1n) is 8.96. The molecule has 0 spiro atoms. The summed E-state index contributed by atoms with van der Waals surface area (Å²) in [6.07, 6.45) is 3.48. The molecule has 1 aromatic carbocycles. The van der Waals surface area contributed by atoms with Crippen LogP contribution >= 0.6 is 0 Å². The quantitative estimate of drug-likeness (QED) is 0.875. The number of carbonyl (C=O) groups is 1. The molecule has 1 saturated carbocycles. The minimum absolute atomic E-state index is 0.114. The van der Waals surface area contributed by atoms with Crippen LogP contribution in [0.25, 0.3) is 0 Å². The van der Waals surface area contributed by atoms with Gasteiger partial charge in [-0.2, -0.15) is 0 Å². The number of carbonyl (C=O) groups excluding carboxylic acids is 1. The Balaban J connectivity index is 1.53. The van der Waals surface area contributed by atoms with Gasteiger partial charge in [-0.15, -0.1) is 0 Å². The smallest absolute Gasteiger partial charge is 0.254 e. The fraction of sp³-hybridized carbons (Fsp3) is 0.556. The number of hydrogen-bond donors (Lipinski definition) is 2. The molecule has 0 atom stereocenters. The van der Waals surface area contributed by atoms with E-state index in [0.717, 1.165) is 62.9 Å². The van der Waals surface area contributed by atoms with Gasteiger partial charge in [-0.1, -0.05) is 6.07 Å². The number of aliphatic imine (C=N–C) groups is 1. The highest BCUT2D eigenvalue weighted by Gasteiger charge is 2.32. The van der Waals surface area contributed by atoms with Gasteiger partial charge in [-0.05, 0) is 31.0 Å². The van der Waals surface area contributed by atoms with E-state index in [9.17, 15) is 4.79 Å². The largest absolute Gasteiger partial charge is 0.344 e. The van der Waals surface area contributed by atoms with Crippen LogP contribution in [0, 0.1) is 0 Å². The number of benzene rings is 1. The third kappa shape index (κ3) is 3.44. The van der Waals surface area contributed by atoms with Gasteiger partial charge in [0.15, 0.2) is 0 Å². The van der Waals surface area contributed by atoms with Crippen LogP contribution in [0.3, 0.4) is 0 Å². The van der Waals surface area contributed by atoms with Crippen molar-refractivity contribution in [1.82, 2.24) is 20.4 Å². The van der Waals surface area contributed by atoms with Crippen LogP contribution < -0.4 is 10.6 Å². The molecular formula is C18H25N5O. The fourth-order valence-corrected chi connectivity index (χ4v) is 3.39. The molecule has 0 unspecified atom stereocenters. The van der Waals surface area contributed by atoms with Crippen LogP contribution in [0.15, 0.2) is 29.3 Å². The van der Waals surface area contributed by atoms with E-state index in [2.05, 4.69) is 15.5 Å². The molecule has 6 nitrogen and oxygen atoms in total. The number of rotatable bonds is 3. The minimum atomic E-state index is 0.114. The van der Waals surface area contributed by atoms with Crippen LogP contribution in [0.2, 0.25) is 0 Å². The molecule has 0 aromatic heterocycles. The molecule has 1 aliphatic carbocycles. The van der Waals surface area contributed by atoms with E-state index in [4.69, 9.17) is 4.99 Å². The first kappa shape index (κ1) is 15.6. The Morgan fingerprint density at radius 1 is 1.12 bits per heavy atom. The highest BCUT2D eigenvalue weighted by atomic mass is 16.2. The zero-order valence-electron chi connectivity index (χ0n) is 14.0. The first-order valence-corrected chi connectivity index (χ1v) is 8.96. The predicted octanol–water partition coefficient (Wildman–Crippen LogP) is 1.18. The lowest BCUT2D eigenvalue weighted by molar-refractivity contribution is 0.0736. The van der Waals surface area contributed by atoms with Crippen LogP contribution in [-0.4, -0.2) is 67.0 Å². The zero-order valence-corrected chi connectivity index (χ0v) is 14.0. The summed E-state index contributed by atoms with van der Waals surface area (Å²) in [5, 5.41) is 6.70. The molecular weight excluding hydrogens is 302 g/mol. The maximum Gasteiger partial charge on any atom is 0.254 e. The van der Waals surface area contributed by atoms with Gasteiger partial charge in [0, 0.05) is 50.7 Å². The van der Waals surface area contributed by atoms with Crippen molar-refractivity contribution >= 4 is 17.4 Å². The molecule has 1 aromatic rings. The Morgan fingerprint density at radius 3 is 2.75 bits per heavy atom. The van der Waals surface area contributed by atoms with Gasteiger partial charge in [0.2, 0.25) is 0 Å². The van der Waals surface area contributed by atoms with E-state index >= 15 is 0 Å². The van der Waals surface area contributed by atoms with Gasteiger partial charge in [0.05, 0.1) is 12.4 Å². The molecule has 4 rings (SSSR count). The molecule has 2 saturated heterocycles. The van der Waals surface area contributed by atoms with Crippen molar-refractivity contribution in [1.29, 1.82) is 0 Å². The standard InChI is InChI=1S/C18H25N5O/c24-18(22-10-8-19-9-11-22)14-2-1-3-15(12-14)21-17-6-7-20-13-23(17)16-4-5-16/h1-3,12,16,19-20H,4-11,13H2. The van der Waals surface area contributed by atoms with Crippen LogP contribution in [0.4, 0.5) is 5.69 Å². The summed E-state index contributed by atoms with van der Waals surface area (Å²) in [5.74, 6) is 1.27. The maximum atomic E-state index is 12.7. The van der Waals surface area contributed by atoms with E-state index < -0.39 is 0 Å². The van der Waals surface area contributed by atoms with Gasteiger partial charge >= 0.3 is 0 Å². The molecule has 2 aliphatic heterocycles. The second-order valence-electron chi connectivity index (χ2n) is 6.73. The van der Waals surface area contributed by atoms with Crippen LogP contribution in [0.5, 0.6) is 0 Å². The monoisotopic (exact) mass is 327 g/mol. The van der Waals surface area contributed by atoms with E-state index in [1.807, 2.05) is 29.2 Å². The van der Waals surface area contributed by atoms with E-state index in [1.165, 1.54) is 12.8 Å². The maximum absolute atomic E-state index is 12.7. The molecule has 128 valence electrons. The molecule has 6 heteroatoms. The van der Waals surface area contributed by atoms with Gasteiger partial charge < -0.3 is 15.1 Å². The summed E-state index contributed by atoms with van der Waals surface area (Å²) >= 11 is 0. The Labute approximate surface area is 142 Å². The minimum Gasteiger partial charge on any atom is -0.344 e. The van der Waals surface area contributed by atoms with Gasteiger partial charge in [0.1, 0.15) is 5.84 Å². The molecule has 1 amide bonds. The third-order valence-corrected chi connectivity index (χ3v) is 4.88. The SMILES string of the molecule is O=C(c1cccc(N=C2CCNCN2C2CC2)c1)N1CCNCC1. The molecule has 3 fully saturated rings. The third-order valence-electron chi connectivity index (χ3n) is 4.88. The molecule has 0 bridgehead atoms. The van der Waals surface area contributed by atoms with Crippen molar-refractivity contribution in [3.63, 3.8) is 0 Å². The van der Waals surface area contributed by atoms with E-state index in [-0.39, 0.29) is 5.91 Å². The van der Waals surface area contributed by atoms with Crippen molar-refractivity contribution in [3.8, 4) is 0 Å². The Bertz CT molecular complexity index is 634. The summed E-state index contributed by atoms with van der Waals surface area (Å²) in [6.45, 7) is 5.16. The lowest BCUT2D eigenvalue weighted by atomic mass is 10.1. The normalized spacial score (nSPS) is 23.6. The topological polar surface area (TPSA) is 60.0 Å². The van der Waals surface area contributed by atoms with Crippen LogP contribution in [0.1, 0.15) is 29.6 Å². The lowest BCUT2D eigenvalue weighted by Crippen LogP contribution is -2.46. The Hall–Kier alpha value is -1.92. The number of amidine groups is 1. The number of nitrogens with zero attached hydrogens (tertiary/aromatic N) is 3. The van der Waals surface area contributed by atoms with Gasteiger partial charge in [-0.3, -0.25) is 10.1 Å². The summed E-state index contributed by atoms with van der Waals surface area (Å²) in [7, 11) is 0. The average molecular weight is 327 g/mol. The van der Waals surface area contributed by atoms with E-state index in [1.54, 1.807) is 0 Å². The highest BCUT2D eigenvalue weighted by Crippen LogP contribution is 2.29. The summed E-state index contributed by atoms with van der Waals surface area (Å²) in [4.78, 5) is 21.8. The molecule has 3 aliphatic rings. The highest BCUT2D eigenvalue weighted by molar-refractivity contribution is 5.95. The van der Waals surface area contributed by atoms with Crippen molar-refractivity contribution in [2.75, 3.05) is 39.4 Å². The summed E-state index contributed by atoms with van der Waals surface area (Å²) in [6, 6.07) is 8.42. The lowest BCUT2D eigenvalue weighted by Gasteiger charge is -2.31. The van der Waals surface area contributed by atoms with Crippen molar-refractivity contribution < 1.29 is 4.79 Å². The zero-order chi connectivity index (χ0) is 16.4. The van der Waals surface area contributed by atoms with Crippen molar-refractivity contribution in [3.05, 3.63) is 29.8 Å². The first-order chi connectivity index (χ1) is 11.8. The van der Waals surface area contributed by atoms with Gasteiger partial charge in [-0.25, -0.2) is 4.99 Å². The number of amides is 1. The molecule has 0 radical (unpaired) electrons. The second-order valence-corrected chi connectivity index (χ2v) is 6.73. The van der Waals surface area contributed by atoms with E-state index in [0.29, 0.717) is 6.04 Å². The molecule has 24 heavy (non-hydrogen) atoms. The molecule has 2 N–H and O–H groups in total. The molecule has 2 heterocycles. The second kappa shape index (κ2) is 6.91. The predicted molar refractivity (Wildman–Crippen MR) is 94.7 cm³/mol. The number of nitrogens with one attached hydrogen (secondary N) is 2. The Morgan fingerprint density at radius 2 is 1.96 bits per heavy atom. The number of piperazine rings is 1. The number of hydrogen-bond acceptors (Lipinski definition) is 4. The Kier molecular flexibility index (Phi) is 4.49. The van der Waals surface area contributed by atoms with Crippen molar-refractivity contribution in [2.24, 2.45) is 4.99 Å². The fourth-order valence-electron chi connectivity index (χ4n) is 3.39. The summed E-state index contributed by atoms with van der Waals surface area (Å²) < 4.78 is 0.